The Morgan fingerprint density at radius 3 is 2.43 bits per heavy atom. The van der Waals surface area contributed by atoms with Crippen LogP contribution in [0.1, 0.15) is 52.9 Å². The molecule has 0 radical (unpaired) electrons. The van der Waals surface area contributed by atoms with Gasteiger partial charge in [-0.15, -0.1) is 12.4 Å². The van der Waals surface area contributed by atoms with Gasteiger partial charge in [0.15, 0.2) is 0 Å². The summed E-state index contributed by atoms with van der Waals surface area (Å²) in [6.07, 6.45) is 3.11. The molecule has 3 rings (SSSR count). The van der Waals surface area contributed by atoms with Crippen LogP contribution >= 0.6 is 12.4 Å². The molecule has 0 spiro atoms. The topological polar surface area (TPSA) is 85.8 Å². The number of carbonyl (C=O) groups is 1. The minimum atomic E-state index is -0.252. The van der Waals surface area contributed by atoms with E-state index in [9.17, 15) is 4.79 Å². The summed E-state index contributed by atoms with van der Waals surface area (Å²) < 4.78 is 1.69. The quantitative estimate of drug-likeness (QED) is 0.638. The predicted molar refractivity (Wildman–Crippen MR) is 113 cm³/mol. The van der Waals surface area contributed by atoms with E-state index in [-0.39, 0.29) is 24.4 Å². The van der Waals surface area contributed by atoms with E-state index in [4.69, 9.17) is 5.73 Å². The summed E-state index contributed by atoms with van der Waals surface area (Å²) in [6.45, 7) is 5.18. The number of hydrogen-bond acceptors (Lipinski definition) is 4. The maximum Gasteiger partial charge on any atom is 0.251 e. The van der Waals surface area contributed by atoms with E-state index in [1.165, 1.54) is 11.9 Å². The first-order valence-corrected chi connectivity index (χ1v) is 9.08. The highest BCUT2D eigenvalue weighted by Crippen LogP contribution is 2.17. The third-order valence-corrected chi connectivity index (χ3v) is 4.57. The van der Waals surface area contributed by atoms with Gasteiger partial charge >= 0.3 is 0 Å². The molecule has 1 aromatic heterocycles. The Balaban J connectivity index is 0.00000280. The van der Waals surface area contributed by atoms with Crippen molar-refractivity contribution < 1.29 is 4.79 Å². The molecule has 0 aliphatic carbocycles. The van der Waals surface area contributed by atoms with E-state index in [2.05, 4.69) is 41.4 Å². The maximum absolute atomic E-state index is 12.7. The van der Waals surface area contributed by atoms with E-state index in [0.29, 0.717) is 24.6 Å². The number of aromatic nitrogens is 3. The minimum Gasteiger partial charge on any atom is -0.350 e. The zero-order valence-electron chi connectivity index (χ0n) is 16.1. The molecule has 3 N–H and O–H groups in total. The largest absolute Gasteiger partial charge is 0.350 e. The number of amides is 1. The molecule has 0 aliphatic heterocycles. The molecule has 0 saturated heterocycles. The van der Waals surface area contributed by atoms with Crippen LogP contribution in [0.3, 0.4) is 0 Å². The van der Waals surface area contributed by atoms with Gasteiger partial charge in [0.1, 0.15) is 12.7 Å². The van der Waals surface area contributed by atoms with Gasteiger partial charge in [-0.25, -0.2) is 9.67 Å². The van der Waals surface area contributed by atoms with Gasteiger partial charge in [0.2, 0.25) is 0 Å². The third-order valence-electron chi connectivity index (χ3n) is 4.57. The van der Waals surface area contributed by atoms with Crippen LogP contribution in [0, 0.1) is 0 Å². The van der Waals surface area contributed by atoms with Gasteiger partial charge in [-0.3, -0.25) is 4.79 Å². The van der Waals surface area contributed by atoms with E-state index >= 15 is 0 Å². The van der Waals surface area contributed by atoms with E-state index in [0.717, 1.165) is 11.1 Å². The van der Waals surface area contributed by atoms with Crippen LogP contribution in [0.15, 0.2) is 61.2 Å². The number of carbonyl (C=O) groups excluding carboxylic acids is 1. The van der Waals surface area contributed by atoms with Crippen LogP contribution in [-0.4, -0.2) is 27.2 Å². The molecule has 1 amide bonds. The lowest BCUT2D eigenvalue weighted by atomic mass is 9.99. The fraction of sp³-hybridized carbons (Fsp3) is 0.286. The van der Waals surface area contributed by atoms with Crippen molar-refractivity contribution in [2.24, 2.45) is 5.73 Å². The summed E-state index contributed by atoms with van der Waals surface area (Å²) in [6, 6.07) is 15.5. The summed E-state index contributed by atoms with van der Waals surface area (Å²) in [5, 5.41) is 7.04. The average molecular weight is 400 g/mol. The van der Waals surface area contributed by atoms with Gasteiger partial charge in [-0.05, 0) is 28.7 Å². The molecule has 1 atom stereocenters. The zero-order chi connectivity index (χ0) is 19.2. The molecule has 28 heavy (non-hydrogen) atoms. The summed E-state index contributed by atoms with van der Waals surface area (Å²) in [4.78, 5) is 16.6. The van der Waals surface area contributed by atoms with Crippen molar-refractivity contribution in [1.29, 1.82) is 0 Å². The Morgan fingerprint density at radius 2 is 1.79 bits per heavy atom. The Morgan fingerprint density at radius 1 is 1.11 bits per heavy atom. The van der Waals surface area contributed by atoms with E-state index in [1.807, 2.05) is 36.4 Å². The second kappa shape index (κ2) is 10.0. The molecule has 1 heterocycles. The number of nitrogens with one attached hydrogen (secondary N) is 1. The van der Waals surface area contributed by atoms with Gasteiger partial charge in [-0.1, -0.05) is 56.3 Å². The number of halogens is 1. The van der Waals surface area contributed by atoms with Crippen molar-refractivity contribution in [3.63, 3.8) is 0 Å². The highest BCUT2D eigenvalue weighted by Gasteiger charge is 2.14. The first-order chi connectivity index (χ1) is 13.0. The molecule has 7 heteroatoms. The normalized spacial score (nSPS) is 11.7. The third kappa shape index (κ3) is 5.41. The molecule has 0 bridgehead atoms. The molecule has 0 fully saturated rings. The number of rotatable bonds is 7. The molecule has 3 aromatic rings. The minimum absolute atomic E-state index is 0. The van der Waals surface area contributed by atoms with Crippen LogP contribution in [-0.2, 0) is 6.54 Å². The Labute approximate surface area is 171 Å². The van der Waals surface area contributed by atoms with Gasteiger partial charge in [0.05, 0.1) is 6.54 Å². The number of nitrogens with zero attached hydrogens (tertiary/aromatic N) is 3. The summed E-state index contributed by atoms with van der Waals surface area (Å²) >= 11 is 0. The molecule has 6 nitrogen and oxygen atoms in total. The van der Waals surface area contributed by atoms with Crippen molar-refractivity contribution >= 4 is 18.3 Å². The van der Waals surface area contributed by atoms with Gasteiger partial charge in [-0.2, -0.15) is 5.10 Å². The first kappa shape index (κ1) is 21.6. The molecule has 2 aromatic carbocycles. The highest BCUT2D eigenvalue weighted by atomic mass is 35.5. The van der Waals surface area contributed by atoms with Gasteiger partial charge in [0, 0.05) is 18.2 Å². The van der Waals surface area contributed by atoms with Gasteiger partial charge < -0.3 is 11.1 Å². The van der Waals surface area contributed by atoms with E-state index < -0.39 is 0 Å². The van der Waals surface area contributed by atoms with Crippen LogP contribution in [0.5, 0.6) is 0 Å². The summed E-state index contributed by atoms with van der Waals surface area (Å²) in [5.74, 6) is 0.344. The lowest BCUT2D eigenvalue weighted by Gasteiger charge is -2.16. The lowest BCUT2D eigenvalue weighted by molar-refractivity contribution is 0.0950. The molecule has 1 unspecified atom stereocenters. The van der Waals surface area contributed by atoms with Crippen molar-refractivity contribution in [3.8, 4) is 0 Å². The number of hydrogen-bond donors (Lipinski definition) is 2. The van der Waals surface area contributed by atoms with E-state index in [1.54, 1.807) is 11.0 Å². The van der Waals surface area contributed by atoms with Crippen LogP contribution in [0.2, 0.25) is 0 Å². The van der Waals surface area contributed by atoms with Crippen molar-refractivity contribution in [2.45, 2.75) is 32.4 Å². The molecule has 148 valence electrons. The summed E-state index contributed by atoms with van der Waals surface area (Å²) in [5.41, 5.74) is 10.0. The van der Waals surface area contributed by atoms with Crippen LogP contribution < -0.4 is 11.1 Å². The van der Waals surface area contributed by atoms with Crippen molar-refractivity contribution in [3.05, 3.63) is 83.4 Å². The Hall–Kier alpha value is -2.70. The van der Waals surface area contributed by atoms with Crippen LogP contribution in [0.25, 0.3) is 0 Å². The zero-order valence-corrected chi connectivity index (χ0v) is 16.9. The van der Waals surface area contributed by atoms with Crippen molar-refractivity contribution in [1.82, 2.24) is 20.1 Å². The van der Waals surface area contributed by atoms with Crippen molar-refractivity contribution in [2.75, 3.05) is 6.54 Å². The number of nitrogens with two attached hydrogens (primary N) is 1. The Bertz CT molecular complexity index is 878. The van der Waals surface area contributed by atoms with Gasteiger partial charge in [0.25, 0.3) is 5.91 Å². The fourth-order valence-corrected chi connectivity index (χ4v) is 2.91. The maximum atomic E-state index is 12.7. The molecule has 0 aliphatic rings. The molecule has 0 saturated carbocycles. The highest BCUT2D eigenvalue weighted by molar-refractivity contribution is 5.95. The average Bonchev–Trinajstić information content (AvgIpc) is 3.19. The summed E-state index contributed by atoms with van der Waals surface area (Å²) in [7, 11) is 0. The molecular formula is C21H26ClN5O. The second-order valence-corrected chi connectivity index (χ2v) is 6.89. The smallest absolute Gasteiger partial charge is 0.251 e. The molecular weight excluding hydrogens is 374 g/mol. The standard InChI is InChI=1S/C21H25N5O.ClH/c1-15(2)16-7-9-17(10-8-16)20(22)11-24-21(27)19-6-4-3-5-18(19)12-26-14-23-13-25-26;/h3-10,13-15,20H,11-12,22H2,1-2H3,(H,24,27);1H. The predicted octanol–water partition coefficient (Wildman–Crippen LogP) is 3.30. The van der Waals surface area contributed by atoms with Crippen LogP contribution in [0.4, 0.5) is 0 Å². The first-order valence-electron chi connectivity index (χ1n) is 9.08. The number of benzene rings is 2. The monoisotopic (exact) mass is 399 g/mol. The lowest BCUT2D eigenvalue weighted by Crippen LogP contribution is -2.32. The fourth-order valence-electron chi connectivity index (χ4n) is 2.91. The Kier molecular flexibility index (Phi) is 7.72. The SMILES string of the molecule is CC(C)c1ccc(C(N)CNC(=O)c2ccccc2Cn2cncn2)cc1.Cl. The second-order valence-electron chi connectivity index (χ2n) is 6.89.